The Bertz CT molecular complexity index is 908. The molecule has 3 N–H and O–H groups in total. The number of rotatable bonds is 11. The first kappa shape index (κ1) is 30.3. The molecule has 2 unspecified atom stereocenters. The fourth-order valence-electron chi connectivity index (χ4n) is 3.06. The highest BCUT2D eigenvalue weighted by Crippen LogP contribution is 2.20. The smallest absolute Gasteiger partial charge is 0.309 e. The first-order chi connectivity index (χ1) is 16.6. The van der Waals surface area contributed by atoms with Crippen LogP contribution in [0.25, 0.3) is 0 Å². The van der Waals surface area contributed by atoms with Crippen molar-refractivity contribution in [2.75, 3.05) is 20.1 Å². The summed E-state index contributed by atoms with van der Waals surface area (Å²) in [5.41, 5.74) is 0.0910. The van der Waals surface area contributed by atoms with Gasteiger partial charge >= 0.3 is 5.97 Å². The lowest BCUT2D eigenvalue weighted by atomic mass is 10.0. The van der Waals surface area contributed by atoms with Gasteiger partial charge in [0.15, 0.2) is 0 Å². The first-order valence-corrected chi connectivity index (χ1v) is 12.8. The van der Waals surface area contributed by atoms with Crippen LogP contribution in [0.3, 0.4) is 0 Å². The van der Waals surface area contributed by atoms with Gasteiger partial charge in [-0.3, -0.25) is 4.79 Å². The molecule has 9 heteroatoms. The Labute approximate surface area is 210 Å². The number of allylic oxidation sites excluding steroid dienone is 5. The second-order valence-corrected chi connectivity index (χ2v) is 9.81. The van der Waals surface area contributed by atoms with Crippen molar-refractivity contribution in [1.82, 2.24) is 9.62 Å². The monoisotopic (exact) mass is 507 g/mol. The molecule has 35 heavy (non-hydrogen) atoms. The van der Waals surface area contributed by atoms with E-state index in [0.717, 1.165) is 36.6 Å². The lowest BCUT2D eigenvalue weighted by molar-refractivity contribution is -0.135. The normalized spacial score (nSPS) is 16.6. The number of nitrogens with zero attached hydrogens (tertiary/aromatic N) is 1. The molecule has 194 valence electrons. The van der Waals surface area contributed by atoms with E-state index in [-0.39, 0.29) is 24.2 Å². The van der Waals surface area contributed by atoms with Gasteiger partial charge < -0.3 is 20.6 Å². The summed E-state index contributed by atoms with van der Waals surface area (Å²) in [5.74, 6) is -0.936. The van der Waals surface area contributed by atoms with Crippen LogP contribution in [-0.4, -0.2) is 51.5 Å². The summed E-state index contributed by atoms with van der Waals surface area (Å²) in [6.45, 7) is 7.57. The van der Waals surface area contributed by atoms with Crippen molar-refractivity contribution in [3.8, 4) is 5.75 Å². The molecule has 1 heterocycles. The van der Waals surface area contributed by atoms with Gasteiger partial charge in [-0.25, -0.2) is 12.9 Å². The highest BCUT2D eigenvalue weighted by molar-refractivity contribution is 7.82. The van der Waals surface area contributed by atoms with Crippen molar-refractivity contribution >= 4 is 22.7 Å². The molecule has 1 saturated heterocycles. The third-order valence-electron chi connectivity index (χ3n) is 4.90. The zero-order valence-corrected chi connectivity index (χ0v) is 21.8. The number of carboxylic acid groups (broad SMARTS) is 1. The molecule has 2 rings (SSSR count). The van der Waals surface area contributed by atoms with Crippen molar-refractivity contribution in [1.29, 1.82) is 5.41 Å². The average Bonchev–Trinajstić information content (AvgIpc) is 2.83. The summed E-state index contributed by atoms with van der Waals surface area (Å²) in [7, 11) is 0.649. The number of hydrogen-bond acceptors (Lipinski definition) is 5. The van der Waals surface area contributed by atoms with E-state index in [4.69, 9.17) is 15.3 Å². The van der Waals surface area contributed by atoms with E-state index in [2.05, 4.69) is 9.62 Å². The quantitative estimate of drug-likeness (QED) is 0.281. The molecule has 2 atom stereocenters. The van der Waals surface area contributed by atoms with Crippen LogP contribution >= 0.6 is 0 Å². The van der Waals surface area contributed by atoms with E-state index >= 15 is 0 Å². The van der Waals surface area contributed by atoms with Gasteiger partial charge in [0.2, 0.25) is 0 Å². The molecule has 1 aromatic rings. The standard InChI is InChI=1S/C14H21NO2S.C12H17FN2O2/c1-12(2)17-13-6-8-14(9-7-13)18(16)15-10-4-3-5-11-15;1-9(11(14)8-12(16)17)4-3-5-10(13)6-7-15-2/h6-9,12H,3-5,10-11H2,1-2H3;3-7,9,14-15H,8H2,1-2H3,(H,16,17)/b;4-3?,7-6+,10-5+,14-11?. The number of piperidine rings is 1. The number of carboxylic acids is 1. The van der Waals surface area contributed by atoms with Crippen LogP contribution in [0.2, 0.25) is 0 Å². The molecule has 0 saturated carbocycles. The summed E-state index contributed by atoms with van der Waals surface area (Å²) < 4.78 is 33.0. The molecule has 0 spiro atoms. The van der Waals surface area contributed by atoms with Gasteiger partial charge in [-0.2, -0.15) is 0 Å². The molecule has 0 aliphatic carbocycles. The minimum atomic E-state index is -1.03. The number of benzene rings is 1. The van der Waals surface area contributed by atoms with E-state index in [1.165, 1.54) is 30.8 Å². The van der Waals surface area contributed by atoms with Crippen LogP contribution in [0.15, 0.2) is 65.5 Å². The summed E-state index contributed by atoms with van der Waals surface area (Å²) in [5, 5.41) is 18.6. The molecule has 1 fully saturated rings. The van der Waals surface area contributed by atoms with Crippen molar-refractivity contribution in [3.05, 3.63) is 60.6 Å². The lowest BCUT2D eigenvalue weighted by Gasteiger charge is -2.25. The minimum Gasteiger partial charge on any atom is -0.491 e. The average molecular weight is 508 g/mol. The van der Waals surface area contributed by atoms with E-state index in [1.54, 1.807) is 20.0 Å². The maximum absolute atomic E-state index is 13.0. The molecule has 0 aromatic heterocycles. The fraction of sp³-hybridized carbons (Fsp3) is 0.462. The third-order valence-corrected chi connectivity index (χ3v) is 6.41. The van der Waals surface area contributed by atoms with Gasteiger partial charge in [-0.05, 0) is 69.3 Å². The highest BCUT2D eigenvalue weighted by Gasteiger charge is 2.17. The maximum atomic E-state index is 13.0. The fourth-order valence-corrected chi connectivity index (χ4v) is 4.32. The largest absolute Gasteiger partial charge is 0.491 e. The Balaban J connectivity index is 0.000000351. The second kappa shape index (κ2) is 16.8. The van der Waals surface area contributed by atoms with E-state index in [0.29, 0.717) is 0 Å². The summed E-state index contributed by atoms with van der Waals surface area (Å²) in [6.07, 6.45) is 10.5. The van der Waals surface area contributed by atoms with Gasteiger partial charge in [-0.15, -0.1) is 0 Å². The number of carbonyl (C=O) groups is 1. The van der Waals surface area contributed by atoms with E-state index in [9.17, 15) is 13.4 Å². The Kier molecular flexibility index (Phi) is 14.5. The number of aliphatic carboxylic acids is 1. The van der Waals surface area contributed by atoms with Gasteiger partial charge in [0.1, 0.15) is 22.6 Å². The van der Waals surface area contributed by atoms with Gasteiger partial charge in [0.25, 0.3) is 0 Å². The van der Waals surface area contributed by atoms with Crippen molar-refractivity contribution in [3.63, 3.8) is 0 Å². The van der Waals surface area contributed by atoms with E-state index < -0.39 is 22.8 Å². The Hall–Kier alpha value is -2.78. The first-order valence-electron chi connectivity index (χ1n) is 11.7. The van der Waals surface area contributed by atoms with Crippen LogP contribution in [0.1, 0.15) is 46.5 Å². The predicted octanol–water partition coefficient (Wildman–Crippen LogP) is 5.24. The number of ether oxygens (including phenoxy) is 1. The molecule has 1 aliphatic rings. The molecule has 0 amide bonds. The highest BCUT2D eigenvalue weighted by atomic mass is 32.2. The summed E-state index contributed by atoms with van der Waals surface area (Å²) in [4.78, 5) is 11.2. The van der Waals surface area contributed by atoms with Gasteiger partial charge in [0.05, 0.1) is 17.4 Å². The van der Waals surface area contributed by atoms with Gasteiger partial charge in [-0.1, -0.05) is 25.5 Å². The van der Waals surface area contributed by atoms with E-state index in [1.807, 2.05) is 38.1 Å². The molecular weight excluding hydrogens is 469 g/mol. The van der Waals surface area contributed by atoms with Crippen LogP contribution in [-0.2, 0) is 15.8 Å². The minimum absolute atomic E-state index is 0.0910. The number of nitrogens with one attached hydrogen (secondary N) is 2. The van der Waals surface area contributed by atoms with Gasteiger partial charge in [0, 0.05) is 31.8 Å². The predicted molar refractivity (Wildman–Crippen MR) is 140 cm³/mol. The SMILES string of the molecule is CC(C)Oc1ccc(S(=O)N2CCCCC2)cc1.CN/C=C/C(F)=C\C=CC(C)C(=N)CC(=O)O. The van der Waals surface area contributed by atoms with Crippen LogP contribution in [0, 0.1) is 11.3 Å². The molecule has 1 aromatic carbocycles. The molecule has 0 radical (unpaired) electrons. The third kappa shape index (κ3) is 13.0. The van der Waals surface area contributed by atoms with Crippen LogP contribution in [0.4, 0.5) is 4.39 Å². The van der Waals surface area contributed by atoms with Crippen LogP contribution in [0.5, 0.6) is 5.75 Å². The zero-order valence-electron chi connectivity index (χ0n) is 21.0. The summed E-state index contributed by atoms with van der Waals surface area (Å²) >= 11 is 0. The Morgan fingerprint density at radius 3 is 2.40 bits per heavy atom. The lowest BCUT2D eigenvalue weighted by Crippen LogP contribution is -2.31. The van der Waals surface area contributed by atoms with Crippen molar-refractivity contribution in [2.45, 2.75) is 57.5 Å². The zero-order chi connectivity index (χ0) is 26.2. The topological polar surface area (TPSA) is 103 Å². The number of halogens is 1. The molecule has 0 bridgehead atoms. The summed E-state index contributed by atoms with van der Waals surface area (Å²) in [6, 6.07) is 7.61. The maximum Gasteiger partial charge on any atom is 0.309 e. The number of hydrogen-bond donors (Lipinski definition) is 3. The Morgan fingerprint density at radius 2 is 1.86 bits per heavy atom. The second-order valence-electron chi connectivity index (χ2n) is 8.32. The van der Waals surface area contributed by atoms with Crippen molar-refractivity contribution in [2.24, 2.45) is 5.92 Å². The molecule has 1 aliphatic heterocycles. The molecular formula is C26H38FN3O4S. The Morgan fingerprint density at radius 1 is 1.23 bits per heavy atom. The molecule has 7 nitrogen and oxygen atoms in total. The van der Waals surface area contributed by atoms with Crippen LogP contribution < -0.4 is 10.1 Å². The van der Waals surface area contributed by atoms with Crippen molar-refractivity contribution < 1.29 is 23.2 Å².